The lowest BCUT2D eigenvalue weighted by Gasteiger charge is -2.34. The summed E-state index contributed by atoms with van der Waals surface area (Å²) in [7, 11) is 5.78. The normalized spacial score (nSPS) is 17.5. The van der Waals surface area contributed by atoms with Crippen LogP contribution in [-0.4, -0.2) is 68.5 Å². The second-order valence-corrected chi connectivity index (χ2v) is 10.4. The highest BCUT2D eigenvalue weighted by molar-refractivity contribution is 5.87. The number of para-hydroxylation sites is 1. The maximum absolute atomic E-state index is 13.9. The van der Waals surface area contributed by atoms with E-state index in [2.05, 4.69) is 9.97 Å². The fourth-order valence-electron chi connectivity index (χ4n) is 5.29. The number of benzene rings is 2. The Morgan fingerprint density at radius 3 is 2.35 bits per heavy atom. The average molecular weight is 542 g/mol. The number of anilines is 1. The molecule has 208 valence electrons. The molecule has 2 aromatic carbocycles. The Kier molecular flexibility index (Phi) is 7.97. The Balaban J connectivity index is 1.38. The minimum Gasteiger partial charge on any atom is -0.457 e. The highest BCUT2D eigenvalue weighted by Gasteiger charge is 2.30. The number of fused-ring (bicyclic) bond motifs is 1. The monoisotopic (exact) mass is 541 g/mol. The van der Waals surface area contributed by atoms with Crippen molar-refractivity contribution in [3.63, 3.8) is 0 Å². The minimum atomic E-state index is -0.210. The van der Waals surface area contributed by atoms with Gasteiger partial charge < -0.3 is 20.3 Å². The number of nitrogens with two attached hydrogens (primary N) is 1. The van der Waals surface area contributed by atoms with Crippen molar-refractivity contribution in [3.05, 3.63) is 83.6 Å². The molecule has 2 N–H and O–H groups in total. The van der Waals surface area contributed by atoms with Gasteiger partial charge in [0.2, 0.25) is 5.91 Å². The van der Waals surface area contributed by atoms with Crippen molar-refractivity contribution in [2.24, 2.45) is 0 Å². The Morgan fingerprint density at radius 2 is 1.68 bits per heavy atom. The lowest BCUT2D eigenvalue weighted by molar-refractivity contribution is -0.127. The van der Waals surface area contributed by atoms with E-state index < -0.39 is 0 Å². The van der Waals surface area contributed by atoms with E-state index in [9.17, 15) is 9.59 Å². The number of carbonyl (C=O) groups is 1. The summed E-state index contributed by atoms with van der Waals surface area (Å²) in [5.41, 5.74) is 7.74. The zero-order valence-corrected chi connectivity index (χ0v) is 23.1. The van der Waals surface area contributed by atoms with Gasteiger partial charge in [0.15, 0.2) is 11.5 Å². The van der Waals surface area contributed by atoms with Gasteiger partial charge in [-0.3, -0.25) is 13.9 Å². The number of ether oxygens (including phenoxy) is 1. The zero-order valence-electron chi connectivity index (χ0n) is 23.1. The van der Waals surface area contributed by atoms with E-state index in [1.54, 1.807) is 15.2 Å². The minimum absolute atomic E-state index is 0.000671. The first-order valence-electron chi connectivity index (χ1n) is 13.5. The molecule has 5 rings (SSSR count). The molecule has 0 saturated heterocycles. The fourth-order valence-corrected chi connectivity index (χ4v) is 5.29. The molecule has 2 heterocycles. The van der Waals surface area contributed by atoms with Crippen molar-refractivity contribution in [1.82, 2.24) is 28.9 Å². The van der Waals surface area contributed by atoms with Gasteiger partial charge in [0.1, 0.15) is 23.3 Å². The summed E-state index contributed by atoms with van der Waals surface area (Å²) in [5.74, 6) is 1.63. The van der Waals surface area contributed by atoms with E-state index >= 15 is 0 Å². The number of carbonyl (C=O) groups excluding carboxylic acids is 1. The molecule has 10 nitrogen and oxygen atoms in total. The number of hydrogen-bond donors (Lipinski definition) is 1. The first-order valence-corrected chi connectivity index (χ1v) is 13.5. The van der Waals surface area contributed by atoms with Gasteiger partial charge in [-0.2, -0.15) is 0 Å². The molecular weight excluding hydrogens is 506 g/mol. The Hall–Kier alpha value is -4.44. The van der Waals surface area contributed by atoms with Crippen LogP contribution in [0.25, 0.3) is 16.9 Å². The maximum Gasteiger partial charge on any atom is 0.335 e. The van der Waals surface area contributed by atoms with Crippen LogP contribution in [-0.2, 0) is 4.79 Å². The Morgan fingerprint density at radius 1 is 1.00 bits per heavy atom. The van der Waals surface area contributed by atoms with Gasteiger partial charge in [0.05, 0.1) is 5.69 Å². The summed E-state index contributed by atoms with van der Waals surface area (Å²) in [4.78, 5) is 39.0. The number of nitrogens with zero attached hydrogens (tertiary/aromatic N) is 6. The molecule has 0 spiro atoms. The van der Waals surface area contributed by atoms with Crippen LogP contribution in [0.4, 0.5) is 5.82 Å². The predicted octanol–water partition coefficient (Wildman–Crippen LogP) is 4.02. The summed E-state index contributed by atoms with van der Waals surface area (Å²) < 4.78 is 9.24. The van der Waals surface area contributed by atoms with Crippen LogP contribution < -0.4 is 16.2 Å². The zero-order chi connectivity index (χ0) is 28.2. The molecule has 0 bridgehead atoms. The van der Waals surface area contributed by atoms with Crippen LogP contribution >= 0.6 is 0 Å². The molecule has 1 aliphatic rings. The van der Waals surface area contributed by atoms with Crippen LogP contribution in [0.3, 0.4) is 0 Å². The molecule has 40 heavy (non-hydrogen) atoms. The molecule has 1 amide bonds. The molecule has 10 heteroatoms. The second-order valence-electron chi connectivity index (χ2n) is 10.4. The van der Waals surface area contributed by atoms with E-state index in [4.69, 9.17) is 10.5 Å². The number of imidazole rings is 1. The summed E-state index contributed by atoms with van der Waals surface area (Å²) in [6.45, 7) is 0.715. The van der Waals surface area contributed by atoms with Gasteiger partial charge in [-0.15, -0.1) is 0 Å². The smallest absolute Gasteiger partial charge is 0.335 e. The first kappa shape index (κ1) is 27.1. The second kappa shape index (κ2) is 11.7. The first-order chi connectivity index (χ1) is 19.3. The molecule has 4 aromatic rings. The Bertz CT molecular complexity index is 1550. The molecule has 0 unspecified atom stereocenters. The summed E-state index contributed by atoms with van der Waals surface area (Å²) >= 11 is 0. The number of nitrogen functional groups attached to an aromatic ring is 1. The Labute approximate surface area is 233 Å². The van der Waals surface area contributed by atoms with Gasteiger partial charge in [-0.05, 0) is 76.2 Å². The highest BCUT2D eigenvalue weighted by atomic mass is 16.5. The van der Waals surface area contributed by atoms with Crippen molar-refractivity contribution in [3.8, 4) is 17.2 Å². The number of rotatable bonds is 8. The molecule has 1 aliphatic carbocycles. The van der Waals surface area contributed by atoms with Gasteiger partial charge in [0.25, 0.3) is 0 Å². The van der Waals surface area contributed by atoms with E-state index in [0.717, 1.165) is 31.4 Å². The quantitative estimate of drug-likeness (QED) is 0.336. The van der Waals surface area contributed by atoms with Crippen molar-refractivity contribution >= 4 is 22.9 Å². The third-order valence-electron chi connectivity index (χ3n) is 7.41. The lowest BCUT2D eigenvalue weighted by Crippen LogP contribution is -2.40. The molecule has 1 fully saturated rings. The van der Waals surface area contributed by atoms with Crippen molar-refractivity contribution < 1.29 is 9.53 Å². The molecule has 0 atom stereocenters. The standard InChI is InChI=1S/C30H35N7O3/c1-34(2)19-7-10-26(38)35(3)21-11-13-23(14-12-21)37-29-27(28(31)32-20-33-29)36(30(37)39)22-15-17-25(18-16-22)40-24-8-5-4-6-9-24/h4-10,15-18,20-21,23H,11-14,19H2,1-3H3,(H2,31,32,33)/b10-7+. The molecule has 0 aliphatic heterocycles. The maximum atomic E-state index is 13.9. The lowest BCUT2D eigenvalue weighted by atomic mass is 9.90. The third-order valence-corrected chi connectivity index (χ3v) is 7.41. The van der Waals surface area contributed by atoms with Crippen molar-refractivity contribution in [2.75, 3.05) is 33.4 Å². The van der Waals surface area contributed by atoms with Gasteiger partial charge in [-0.1, -0.05) is 24.3 Å². The van der Waals surface area contributed by atoms with Gasteiger partial charge >= 0.3 is 5.69 Å². The average Bonchev–Trinajstić information content (AvgIpc) is 3.26. The van der Waals surface area contributed by atoms with Crippen molar-refractivity contribution in [2.45, 2.75) is 37.8 Å². The van der Waals surface area contributed by atoms with E-state index in [0.29, 0.717) is 29.1 Å². The van der Waals surface area contributed by atoms with Crippen LogP contribution in [0.15, 0.2) is 77.9 Å². The fraction of sp³-hybridized carbons (Fsp3) is 0.333. The number of hydrogen-bond acceptors (Lipinski definition) is 7. The van der Waals surface area contributed by atoms with Crippen LogP contribution in [0.1, 0.15) is 31.7 Å². The molecule has 2 aromatic heterocycles. The van der Waals surface area contributed by atoms with E-state index in [1.165, 1.54) is 6.33 Å². The van der Waals surface area contributed by atoms with Crippen molar-refractivity contribution in [1.29, 1.82) is 0 Å². The topological polar surface area (TPSA) is 112 Å². The number of amides is 1. The third kappa shape index (κ3) is 5.62. The summed E-state index contributed by atoms with van der Waals surface area (Å²) in [6, 6.07) is 16.9. The van der Waals surface area contributed by atoms with Crippen LogP contribution in [0, 0.1) is 0 Å². The number of aromatic nitrogens is 4. The highest BCUT2D eigenvalue weighted by Crippen LogP contribution is 2.33. The van der Waals surface area contributed by atoms with E-state index in [1.807, 2.05) is 91.6 Å². The molecule has 1 saturated carbocycles. The van der Waals surface area contributed by atoms with Gasteiger partial charge in [0, 0.05) is 31.8 Å². The van der Waals surface area contributed by atoms with Crippen LogP contribution in [0.5, 0.6) is 11.5 Å². The van der Waals surface area contributed by atoms with Crippen LogP contribution in [0.2, 0.25) is 0 Å². The SMILES string of the molecule is CN(C)C/C=C/C(=O)N(C)C1CCC(n2c(=O)n(-c3ccc(Oc4ccccc4)cc3)c3c(N)ncnc32)CC1. The summed E-state index contributed by atoms with van der Waals surface area (Å²) in [6.07, 6.45) is 7.99. The van der Waals surface area contributed by atoms with Gasteiger partial charge in [-0.25, -0.2) is 14.8 Å². The molecular formula is C30H35N7O3. The predicted molar refractivity (Wildman–Crippen MR) is 156 cm³/mol. The summed E-state index contributed by atoms with van der Waals surface area (Å²) in [5, 5.41) is 0. The molecule has 0 radical (unpaired) electrons. The number of likely N-dealkylation sites (N-methyl/N-ethyl adjacent to an activating group) is 2. The largest absolute Gasteiger partial charge is 0.457 e. The van der Waals surface area contributed by atoms with E-state index in [-0.39, 0.29) is 29.5 Å².